The molecule has 0 radical (unpaired) electrons. The van der Waals surface area contributed by atoms with Crippen molar-refractivity contribution in [3.8, 4) is 0 Å². The van der Waals surface area contributed by atoms with Crippen molar-refractivity contribution in [1.29, 1.82) is 0 Å². The van der Waals surface area contributed by atoms with Gasteiger partial charge in [0.2, 0.25) is 0 Å². The number of para-hydroxylation sites is 1. The molecule has 0 saturated heterocycles. The molecule has 3 aromatic heterocycles. The van der Waals surface area contributed by atoms with Crippen molar-refractivity contribution < 1.29 is 9.59 Å². The van der Waals surface area contributed by atoms with Crippen LogP contribution in [0.5, 0.6) is 0 Å². The molecule has 35 heavy (non-hydrogen) atoms. The number of hydrogen-bond donors (Lipinski definition) is 0. The Morgan fingerprint density at radius 3 is 2.29 bits per heavy atom. The molecule has 0 spiro atoms. The van der Waals surface area contributed by atoms with Gasteiger partial charge in [-0.05, 0) is 29.8 Å². The topological polar surface area (TPSA) is 77.7 Å². The number of allylic oxidation sites excluding steroid dienone is 1. The van der Waals surface area contributed by atoms with Crippen LogP contribution in [0.4, 0.5) is 0 Å². The summed E-state index contributed by atoms with van der Waals surface area (Å²) >= 11 is 0. The predicted octanol–water partition coefficient (Wildman–Crippen LogP) is 5.56. The molecule has 0 amide bonds. The molecule has 1 aliphatic carbocycles. The Morgan fingerprint density at radius 1 is 0.714 bits per heavy atom. The van der Waals surface area contributed by atoms with Gasteiger partial charge < -0.3 is 0 Å². The lowest BCUT2D eigenvalue weighted by Crippen LogP contribution is -2.15. The second-order valence-electron chi connectivity index (χ2n) is 8.50. The number of Topliss-reactive ketones (excluding diaryl/α,β-unsaturated/α-hetero) is 1. The van der Waals surface area contributed by atoms with Crippen LogP contribution in [0.2, 0.25) is 0 Å². The van der Waals surface area contributed by atoms with Crippen molar-refractivity contribution in [3.63, 3.8) is 0 Å². The smallest absolute Gasteiger partial charge is 0.289 e. The van der Waals surface area contributed by atoms with Crippen LogP contribution in [-0.2, 0) is 0 Å². The Kier molecular flexibility index (Phi) is 4.05. The van der Waals surface area contributed by atoms with Gasteiger partial charge in [0.15, 0.2) is 5.78 Å². The van der Waals surface area contributed by atoms with Gasteiger partial charge >= 0.3 is 0 Å². The monoisotopic (exact) mass is 452 g/mol. The van der Waals surface area contributed by atoms with Crippen LogP contribution in [0.3, 0.4) is 0 Å². The van der Waals surface area contributed by atoms with E-state index in [-0.39, 0.29) is 17.4 Å². The zero-order valence-corrected chi connectivity index (χ0v) is 18.3. The van der Waals surface area contributed by atoms with Gasteiger partial charge in [0.1, 0.15) is 5.69 Å². The third-order valence-corrected chi connectivity index (χ3v) is 6.43. The third-order valence-electron chi connectivity index (χ3n) is 6.43. The van der Waals surface area contributed by atoms with Crippen molar-refractivity contribution in [1.82, 2.24) is 19.7 Å². The number of carbonyl (C=O) groups is 2. The minimum Gasteiger partial charge on any atom is -0.289 e. The highest BCUT2D eigenvalue weighted by atomic mass is 16.2. The van der Waals surface area contributed by atoms with E-state index in [2.05, 4.69) is 5.10 Å². The van der Waals surface area contributed by atoms with Gasteiger partial charge in [-0.2, -0.15) is 9.78 Å². The van der Waals surface area contributed by atoms with Crippen molar-refractivity contribution in [2.24, 2.45) is 0 Å². The fraction of sp³-hybridized carbons (Fsp3) is 0. The molecule has 0 atom stereocenters. The van der Waals surface area contributed by atoms with Crippen LogP contribution in [0.1, 0.15) is 32.1 Å². The summed E-state index contributed by atoms with van der Waals surface area (Å²) in [4.78, 5) is 35.9. The molecule has 3 heterocycles. The van der Waals surface area contributed by atoms with Crippen LogP contribution in [0.15, 0.2) is 91.1 Å². The predicted molar refractivity (Wildman–Crippen MR) is 135 cm³/mol. The number of pyridine rings is 2. The Morgan fingerprint density at radius 2 is 1.43 bits per heavy atom. The highest BCUT2D eigenvalue weighted by Gasteiger charge is 2.24. The largest absolute Gasteiger partial charge is 0.297 e. The lowest BCUT2D eigenvalue weighted by molar-refractivity contribution is 0.0945. The molecule has 0 unspecified atom stereocenters. The van der Waals surface area contributed by atoms with E-state index < -0.39 is 0 Å². The number of nitrogens with zero attached hydrogens (tertiary/aromatic N) is 4. The molecule has 6 aromatic rings. The Balaban J connectivity index is 1.38. The first-order valence-corrected chi connectivity index (χ1v) is 11.2. The third kappa shape index (κ3) is 2.93. The van der Waals surface area contributed by atoms with Gasteiger partial charge in [-0.25, -0.2) is 9.97 Å². The Hall–Kier alpha value is -4.97. The van der Waals surface area contributed by atoms with Crippen LogP contribution >= 0.6 is 0 Å². The molecule has 7 rings (SSSR count). The number of rotatable bonds is 2. The molecule has 6 nitrogen and oxygen atoms in total. The molecule has 0 N–H and O–H groups in total. The second-order valence-corrected chi connectivity index (χ2v) is 8.50. The number of hydrogen-bond acceptors (Lipinski definition) is 5. The van der Waals surface area contributed by atoms with Crippen LogP contribution in [0.25, 0.3) is 44.4 Å². The summed E-state index contributed by atoms with van der Waals surface area (Å²) in [5, 5.41) is 6.90. The van der Waals surface area contributed by atoms with Crippen molar-refractivity contribution >= 4 is 56.0 Å². The number of ketones is 1. The van der Waals surface area contributed by atoms with Gasteiger partial charge in [0.05, 0.1) is 28.4 Å². The number of aromatic nitrogens is 4. The highest BCUT2D eigenvalue weighted by Crippen LogP contribution is 2.32. The van der Waals surface area contributed by atoms with E-state index in [9.17, 15) is 9.59 Å². The minimum absolute atomic E-state index is 0.0397. The SMILES string of the molecule is O=C1C(c2ccc3ccc4ccc(C(=O)n5ncc6ccccc65)nc4c3n2)=Cc2ccccc21. The van der Waals surface area contributed by atoms with E-state index in [4.69, 9.17) is 9.97 Å². The Labute approximate surface area is 199 Å². The first kappa shape index (κ1) is 19.5. The molecular formula is C29H16N4O2. The van der Waals surface area contributed by atoms with Crippen LogP contribution in [0, 0.1) is 0 Å². The van der Waals surface area contributed by atoms with Gasteiger partial charge in [-0.3, -0.25) is 9.59 Å². The summed E-state index contributed by atoms with van der Waals surface area (Å²) in [6, 6.07) is 26.4. The van der Waals surface area contributed by atoms with Crippen molar-refractivity contribution in [3.05, 3.63) is 114 Å². The zero-order valence-electron chi connectivity index (χ0n) is 18.3. The molecular weight excluding hydrogens is 436 g/mol. The first-order valence-electron chi connectivity index (χ1n) is 11.2. The Bertz CT molecular complexity index is 1900. The molecule has 0 bridgehead atoms. The maximum Gasteiger partial charge on any atom is 0.297 e. The molecule has 3 aromatic carbocycles. The summed E-state index contributed by atoms with van der Waals surface area (Å²) in [5.74, 6) is -0.354. The van der Waals surface area contributed by atoms with Crippen LogP contribution in [-0.4, -0.2) is 31.4 Å². The van der Waals surface area contributed by atoms with E-state index in [0.717, 1.165) is 27.2 Å². The fourth-order valence-electron chi connectivity index (χ4n) is 4.66. The maximum atomic E-state index is 13.3. The average molecular weight is 452 g/mol. The van der Waals surface area contributed by atoms with Gasteiger partial charge in [-0.15, -0.1) is 0 Å². The summed E-state index contributed by atoms with van der Waals surface area (Å²) in [6.07, 6.45) is 3.55. The molecule has 0 saturated carbocycles. The lowest BCUT2D eigenvalue weighted by atomic mass is 10.0. The molecule has 164 valence electrons. The summed E-state index contributed by atoms with van der Waals surface area (Å²) in [7, 11) is 0. The molecule has 0 aliphatic heterocycles. The number of fused-ring (bicyclic) bond motifs is 5. The van der Waals surface area contributed by atoms with E-state index in [1.807, 2.05) is 84.9 Å². The van der Waals surface area contributed by atoms with Gasteiger partial charge in [-0.1, -0.05) is 66.7 Å². The van der Waals surface area contributed by atoms with Crippen molar-refractivity contribution in [2.45, 2.75) is 0 Å². The number of benzene rings is 3. The van der Waals surface area contributed by atoms with Crippen LogP contribution < -0.4 is 0 Å². The summed E-state index contributed by atoms with van der Waals surface area (Å²) < 4.78 is 1.37. The fourth-order valence-corrected chi connectivity index (χ4v) is 4.66. The quantitative estimate of drug-likeness (QED) is 0.322. The average Bonchev–Trinajstić information content (AvgIpc) is 3.49. The lowest BCUT2D eigenvalue weighted by Gasteiger charge is -2.08. The van der Waals surface area contributed by atoms with E-state index in [1.54, 1.807) is 12.3 Å². The van der Waals surface area contributed by atoms with Crippen molar-refractivity contribution in [2.75, 3.05) is 0 Å². The maximum absolute atomic E-state index is 13.3. The van der Waals surface area contributed by atoms with E-state index in [0.29, 0.717) is 27.9 Å². The number of carbonyl (C=O) groups excluding carboxylic acids is 2. The standard InChI is InChI=1S/C29H16N4O2/c34-28-21-7-3-1-5-19(21)15-22(28)23-13-11-17-9-10-18-12-14-24(32-27(18)26(17)31-23)29(35)33-25-8-4-2-6-20(25)16-30-33/h1-16H. The first-order chi connectivity index (χ1) is 17.2. The van der Waals surface area contributed by atoms with E-state index in [1.165, 1.54) is 4.68 Å². The molecule has 6 heteroatoms. The molecule has 0 fully saturated rings. The summed E-state index contributed by atoms with van der Waals surface area (Å²) in [5.41, 5.74) is 4.96. The zero-order chi connectivity index (χ0) is 23.5. The molecule has 1 aliphatic rings. The minimum atomic E-state index is -0.314. The summed E-state index contributed by atoms with van der Waals surface area (Å²) in [6.45, 7) is 0. The van der Waals surface area contributed by atoms with E-state index >= 15 is 0 Å². The second kappa shape index (κ2) is 7.27. The van der Waals surface area contributed by atoms with Gasteiger partial charge in [0.25, 0.3) is 5.91 Å². The highest BCUT2D eigenvalue weighted by molar-refractivity contribution is 6.37. The normalized spacial score (nSPS) is 12.9. The van der Waals surface area contributed by atoms with Gasteiger partial charge in [0, 0.05) is 27.3 Å².